The third-order valence-electron chi connectivity index (χ3n) is 4.56. The number of rotatable bonds is 1. The van der Waals surface area contributed by atoms with E-state index in [1.807, 2.05) is 20.8 Å². The zero-order chi connectivity index (χ0) is 12.1. The molecular formula is C12H18O4. The molecule has 4 nitrogen and oxygen atoms in total. The molecule has 1 saturated carbocycles. The summed E-state index contributed by atoms with van der Waals surface area (Å²) in [6.45, 7) is 5.95. The quantitative estimate of drug-likeness (QED) is 0.636. The zero-order valence-corrected chi connectivity index (χ0v) is 10.2. The molecule has 1 aliphatic carbocycles. The second-order valence-electron chi connectivity index (χ2n) is 5.52. The molecule has 0 spiro atoms. The number of esters is 2. The maximum absolute atomic E-state index is 11.9. The zero-order valence-electron chi connectivity index (χ0n) is 10.2. The lowest BCUT2D eigenvalue weighted by molar-refractivity contribution is -0.154. The summed E-state index contributed by atoms with van der Waals surface area (Å²) < 4.78 is 10.2. The number of hydrogen-bond acceptors (Lipinski definition) is 4. The summed E-state index contributed by atoms with van der Waals surface area (Å²) in [5, 5.41) is 0. The molecule has 4 heteroatoms. The predicted octanol–water partition coefficient (Wildman–Crippen LogP) is 1.53. The Balaban J connectivity index is 2.38. The van der Waals surface area contributed by atoms with Gasteiger partial charge in [-0.1, -0.05) is 13.8 Å². The van der Waals surface area contributed by atoms with Gasteiger partial charge in [0.15, 0.2) is 0 Å². The summed E-state index contributed by atoms with van der Waals surface area (Å²) in [7, 11) is 1.36. The van der Waals surface area contributed by atoms with Crippen LogP contribution in [0.1, 0.15) is 33.6 Å². The largest absolute Gasteiger partial charge is 0.469 e. The first-order valence-electron chi connectivity index (χ1n) is 5.64. The van der Waals surface area contributed by atoms with Crippen molar-refractivity contribution >= 4 is 11.9 Å². The summed E-state index contributed by atoms with van der Waals surface area (Å²) in [6, 6.07) is 0. The van der Waals surface area contributed by atoms with Crippen molar-refractivity contribution in [3.8, 4) is 0 Å². The monoisotopic (exact) mass is 226 g/mol. The van der Waals surface area contributed by atoms with Crippen LogP contribution in [0.25, 0.3) is 0 Å². The summed E-state index contributed by atoms with van der Waals surface area (Å²) in [4.78, 5) is 23.5. The maximum Gasteiger partial charge on any atom is 0.311 e. The molecule has 1 heterocycles. The Labute approximate surface area is 95.3 Å². The van der Waals surface area contributed by atoms with Gasteiger partial charge in [0.05, 0.1) is 18.9 Å². The minimum Gasteiger partial charge on any atom is -0.469 e. The van der Waals surface area contributed by atoms with Crippen molar-refractivity contribution < 1.29 is 19.1 Å². The Hall–Kier alpha value is -1.06. The van der Waals surface area contributed by atoms with E-state index in [9.17, 15) is 9.59 Å². The van der Waals surface area contributed by atoms with Gasteiger partial charge >= 0.3 is 11.9 Å². The highest BCUT2D eigenvalue weighted by Crippen LogP contribution is 2.57. The van der Waals surface area contributed by atoms with E-state index >= 15 is 0 Å². The van der Waals surface area contributed by atoms with Gasteiger partial charge in [0.1, 0.15) is 5.60 Å². The minimum absolute atomic E-state index is 0.250. The van der Waals surface area contributed by atoms with E-state index in [4.69, 9.17) is 9.47 Å². The first-order chi connectivity index (χ1) is 7.33. The molecule has 2 aliphatic rings. The molecule has 16 heavy (non-hydrogen) atoms. The highest BCUT2D eigenvalue weighted by Gasteiger charge is 2.65. The van der Waals surface area contributed by atoms with Crippen molar-refractivity contribution in [1.29, 1.82) is 0 Å². The van der Waals surface area contributed by atoms with Crippen LogP contribution in [0.4, 0.5) is 0 Å². The van der Waals surface area contributed by atoms with E-state index in [0.717, 1.165) is 6.42 Å². The first kappa shape index (κ1) is 11.4. The topological polar surface area (TPSA) is 52.6 Å². The number of fused-ring (bicyclic) bond motifs is 2. The smallest absolute Gasteiger partial charge is 0.311 e. The SMILES string of the molecule is COC(=O)C1CCC2(C)OC(=O)C1C2(C)C. The van der Waals surface area contributed by atoms with Crippen molar-refractivity contribution in [2.45, 2.75) is 39.2 Å². The molecule has 1 saturated heterocycles. The van der Waals surface area contributed by atoms with E-state index in [0.29, 0.717) is 6.42 Å². The Morgan fingerprint density at radius 2 is 2.06 bits per heavy atom. The van der Waals surface area contributed by atoms with Gasteiger partial charge in [-0.05, 0) is 19.8 Å². The maximum atomic E-state index is 11.9. The molecule has 0 N–H and O–H groups in total. The van der Waals surface area contributed by atoms with E-state index < -0.39 is 5.60 Å². The van der Waals surface area contributed by atoms with E-state index in [1.54, 1.807) is 0 Å². The standard InChI is InChI=1S/C12H18O4/c1-11(2)8-7(9(13)15-4)5-6-12(11,3)16-10(8)14/h7-8H,5-6H2,1-4H3. The lowest BCUT2D eigenvalue weighted by atomic mass is 9.58. The van der Waals surface area contributed by atoms with Crippen LogP contribution in [0, 0.1) is 17.3 Å². The van der Waals surface area contributed by atoms with Gasteiger partial charge in [0.2, 0.25) is 0 Å². The third-order valence-corrected chi connectivity index (χ3v) is 4.56. The lowest BCUT2D eigenvalue weighted by Gasteiger charge is -2.44. The number of methoxy groups -OCH3 is 1. The summed E-state index contributed by atoms with van der Waals surface area (Å²) in [5.41, 5.74) is -0.736. The van der Waals surface area contributed by atoms with E-state index in [-0.39, 0.29) is 29.2 Å². The highest BCUT2D eigenvalue weighted by atomic mass is 16.6. The third kappa shape index (κ3) is 1.22. The second kappa shape index (κ2) is 3.22. The van der Waals surface area contributed by atoms with Crippen LogP contribution in [0.3, 0.4) is 0 Å². The summed E-state index contributed by atoms with van der Waals surface area (Å²) in [6.07, 6.45) is 1.39. The molecule has 0 aromatic rings. The van der Waals surface area contributed by atoms with Gasteiger partial charge < -0.3 is 9.47 Å². The molecule has 3 atom stereocenters. The molecule has 2 fully saturated rings. The molecule has 3 unspecified atom stereocenters. The van der Waals surface area contributed by atoms with Gasteiger partial charge in [0.25, 0.3) is 0 Å². The average molecular weight is 226 g/mol. The first-order valence-corrected chi connectivity index (χ1v) is 5.64. The Kier molecular flexibility index (Phi) is 2.30. The Morgan fingerprint density at radius 1 is 1.44 bits per heavy atom. The Bertz CT molecular complexity index is 347. The number of carbonyl (C=O) groups is 2. The number of ether oxygens (including phenoxy) is 2. The molecule has 2 rings (SSSR count). The molecule has 90 valence electrons. The van der Waals surface area contributed by atoms with Gasteiger partial charge in [-0.15, -0.1) is 0 Å². The lowest BCUT2D eigenvalue weighted by Crippen LogP contribution is -2.49. The van der Waals surface area contributed by atoms with Crippen molar-refractivity contribution in [1.82, 2.24) is 0 Å². The summed E-state index contributed by atoms with van der Waals surface area (Å²) >= 11 is 0. The summed E-state index contributed by atoms with van der Waals surface area (Å²) in [5.74, 6) is -1.25. The number of hydrogen-bond donors (Lipinski definition) is 0. The van der Waals surface area contributed by atoms with Crippen molar-refractivity contribution in [3.63, 3.8) is 0 Å². The molecule has 0 aromatic carbocycles. The van der Waals surface area contributed by atoms with E-state index in [2.05, 4.69) is 0 Å². The normalized spacial score (nSPS) is 40.4. The molecule has 0 amide bonds. The van der Waals surface area contributed by atoms with Gasteiger partial charge in [-0.25, -0.2) is 0 Å². The number of carbonyl (C=O) groups excluding carboxylic acids is 2. The second-order valence-corrected chi connectivity index (χ2v) is 5.52. The van der Waals surface area contributed by atoms with Crippen LogP contribution < -0.4 is 0 Å². The molecule has 0 aromatic heterocycles. The van der Waals surface area contributed by atoms with Crippen molar-refractivity contribution in [2.24, 2.45) is 17.3 Å². The van der Waals surface area contributed by atoms with Crippen LogP contribution in [-0.2, 0) is 19.1 Å². The molecule has 2 bridgehead atoms. The fourth-order valence-electron chi connectivity index (χ4n) is 3.08. The predicted molar refractivity (Wildman–Crippen MR) is 56.5 cm³/mol. The van der Waals surface area contributed by atoms with Crippen LogP contribution in [-0.4, -0.2) is 24.6 Å². The highest BCUT2D eigenvalue weighted by molar-refractivity contribution is 5.85. The van der Waals surface area contributed by atoms with Gasteiger partial charge in [-0.2, -0.15) is 0 Å². The van der Waals surface area contributed by atoms with Crippen LogP contribution in [0.5, 0.6) is 0 Å². The van der Waals surface area contributed by atoms with Crippen LogP contribution >= 0.6 is 0 Å². The van der Waals surface area contributed by atoms with Gasteiger partial charge in [-0.3, -0.25) is 9.59 Å². The van der Waals surface area contributed by atoms with Crippen LogP contribution in [0.15, 0.2) is 0 Å². The van der Waals surface area contributed by atoms with E-state index in [1.165, 1.54) is 7.11 Å². The minimum atomic E-state index is -0.431. The van der Waals surface area contributed by atoms with Crippen LogP contribution in [0.2, 0.25) is 0 Å². The van der Waals surface area contributed by atoms with Crippen molar-refractivity contribution in [3.05, 3.63) is 0 Å². The van der Waals surface area contributed by atoms with Gasteiger partial charge in [0, 0.05) is 5.41 Å². The average Bonchev–Trinajstić information content (AvgIpc) is 2.34. The molecular weight excluding hydrogens is 208 g/mol. The Morgan fingerprint density at radius 3 is 2.62 bits per heavy atom. The fraction of sp³-hybridized carbons (Fsp3) is 0.833. The fourth-order valence-corrected chi connectivity index (χ4v) is 3.08. The molecule has 1 aliphatic heterocycles. The van der Waals surface area contributed by atoms with Crippen molar-refractivity contribution in [2.75, 3.05) is 7.11 Å². The molecule has 0 radical (unpaired) electrons.